The van der Waals surface area contributed by atoms with Gasteiger partial charge in [0, 0.05) is 17.7 Å². The molecule has 4 heteroatoms. The molecule has 104 valence electrons. The summed E-state index contributed by atoms with van der Waals surface area (Å²) in [6.45, 7) is 5.98. The minimum Gasteiger partial charge on any atom is -0.618 e. The monoisotopic (exact) mass is 287 g/mol. The summed E-state index contributed by atoms with van der Waals surface area (Å²) in [5.74, 6) is 0.328. The quantitative estimate of drug-likeness (QED) is 0.375. The first kappa shape index (κ1) is 14.6. The van der Waals surface area contributed by atoms with E-state index in [1.54, 1.807) is 18.2 Å². The van der Waals surface area contributed by atoms with Crippen LogP contribution in [0.1, 0.15) is 27.0 Å². The molecule has 0 atom stereocenters. The van der Waals surface area contributed by atoms with Gasteiger partial charge in [-0.2, -0.15) is 4.73 Å². The second-order valence-corrected chi connectivity index (χ2v) is 5.82. The Kier molecular flexibility index (Phi) is 4.45. The largest absolute Gasteiger partial charge is 0.618 e. The van der Waals surface area contributed by atoms with Gasteiger partial charge in [-0.1, -0.05) is 6.07 Å². The topological polar surface area (TPSA) is 44.0 Å². The number of hydrogen-bond donors (Lipinski definition) is 0. The zero-order chi connectivity index (χ0) is 14.7. The molecule has 0 fully saturated rings. The van der Waals surface area contributed by atoms with Crippen LogP contribution in [0, 0.1) is 26.0 Å². The number of hydrogen-bond acceptors (Lipinski definition) is 3. The van der Waals surface area contributed by atoms with Gasteiger partial charge in [0.2, 0.25) is 0 Å². The van der Waals surface area contributed by atoms with Gasteiger partial charge in [-0.25, -0.2) is 0 Å². The lowest BCUT2D eigenvalue weighted by atomic mass is 9.99. The number of pyridine rings is 1. The second-order valence-electron chi connectivity index (χ2n) is 4.83. The Bertz CT molecular complexity index is 653. The van der Waals surface area contributed by atoms with Gasteiger partial charge >= 0.3 is 0 Å². The van der Waals surface area contributed by atoms with Gasteiger partial charge in [0.15, 0.2) is 12.0 Å². The molecule has 1 heterocycles. The molecule has 0 aliphatic carbocycles. The van der Waals surface area contributed by atoms with E-state index in [2.05, 4.69) is 0 Å². The highest BCUT2D eigenvalue weighted by molar-refractivity contribution is 7.99. The maximum Gasteiger partial charge on any atom is 0.251 e. The predicted octanol–water partition coefficient (Wildman–Crippen LogP) is 3.22. The lowest BCUT2D eigenvalue weighted by Gasteiger charge is -2.09. The number of aryl methyl sites for hydroxylation is 3. The van der Waals surface area contributed by atoms with E-state index in [-0.39, 0.29) is 11.5 Å². The number of carbonyl (C=O) groups excluding carboxylic acids is 1. The van der Waals surface area contributed by atoms with E-state index in [0.717, 1.165) is 21.4 Å². The van der Waals surface area contributed by atoms with Gasteiger partial charge in [-0.3, -0.25) is 4.79 Å². The maximum atomic E-state index is 12.3. The molecule has 0 bridgehead atoms. The molecule has 1 aromatic carbocycles. The SMILES string of the molecule is Cc1cc(C)c(C(=O)CSc2cccc[n+]2[O-])cc1C. The predicted molar refractivity (Wildman–Crippen MR) is 81.1 cm³/mol. The third-order valence-corrected chi connectivity index (χ3v) is 4.30. The van der Waals surface area contributed by atoms with Crippen LogP contribution in [0.25, 0.3) is 0 Å². The van der Waals surface area contributed by atoms with Crippen LogP contribution in [0.4, 0.5) is 0 Å². The summed E-state index contributed by atoms with van der Waals surface area (Å²) in [5.41, 5.74) is 4.03. The molecule has 0 saturated heterocycles. The number of aromatic nitrogens is 1. The first-order valence-corrected chi connectivity index (χ1v) is 7.39. The molecule has 0 N–H and O–H groups in total. The molecule has 20 heavy (non-hydrogen) atoms. The number of Topliss-reactive ketones (excluding diaryl/α,β-unsaturated/α-hetero) is 1. The van der Waals surface area contributed by atoms with E-state index in [0.29, 0.717) is 5.03 Å². The summed E-state index contributed by atoms with van der Waals surface area (Å²) in [4.78, 5) is 12.3. The Balaban J connectivity index is 2.13. The minimum atomic E-state index is 0.0550. The molecule has 0 unspecified atom stereocenters. The van der Waals surface area contributed by atoms with Crippen molar-refractivity contribution in [2.45, 2.75) is 25.8 Å². The smallest absolute Gasteiger partial charge is 0.251 e. The summed E-state index contributed by atoms with van der Waals surface area (Å²) in [6, 6.07) is 9.15. The molecule has 2 aromatic rings. The van der Waals surface area contributed by atoms with Crippen LogP contribution in [0.3, 0.4) is 0 Å². The molecule has 1 aromatic heterocycles. The molecule has 0 aliphatic heterocycles. The summed E-state index contributed by atoms with van der Waals surface area (Å²) in [7, 11) is 0. The van der Waals surface area contributed by atoms with E-state index < -0.39 is 0 Å². The van der Waals surface area contributed by atoms with Gasteiger partial charge in [-0.15, -0.1) is 0 Å². The highest BCUT2D eigenvalue weighted by atomic mass is 32.2. The highest BCUT2D eigenvalue weighted by Crippen LogP contribution is 2.19. The van der Waals surface area contributed by atoms with Crippen LogP contribution in [-0.4, -0.2) is 11.5 Å². The van der Waals surface area contributed by atoms with Crippen LogP contribution in [0.15, 0.2) is 41.6 Å². The van der Waals surface area contributed by atoms with E-state index in [9.17, 15) is 10.0 Å². The Labute approximate surface area is 123 Å². The fraction of sp³-hybridized carbons (Fsp3) is 0.250. The van der Waals surface area contributed by atoms with Crippen molar-refractivity contribution in [3.8, 4) is 0 Å². The van der Waals surface area contributed by atoms with Crippen LogP contribution in [0.5, 0.6) is 0 Å². The number of rotatable bonds is 4. The van der Waals surface area contributed by atoms with Gasteiger partial charge in [0.25, 0.3) is 5.03 Å². The molecule has 0 amide bonds. The Morgan fingerprint density at radius 1 is 1.15 bits per heavy atom. The molecule has 0 radical (unpaired) electrons. The van der Waals surface area contributed by atoms with Crippen molar-refractivity contribution in [2.24, 2.45) is 0 Å². The van der Waals surface area contributed by atoms with Crippen molar-refractivity contribution >= 4 is 17.5 Å². The van der Waals surface area contributed by atoms with Crippen molar-refractivity contribution in [3.05, 3.63) is 64.0 Å². The minimum absolute atomic E-state index is 0.0550. The van der Waals surface area contributed by atoms with Crippen molar-refractivity contribution in [1.29, 1.82) is 0 Å². The van der Waals surface area contributed by atoms with Gasteiger partial charge < -0.3 is 5.21 Å². The van der Waals surface area contributed by atoms with Crippen LogP contribution < -0.4 is 4.73 Å². The fourth-order valence-electron chi connectivity index (χ4n) is 2.00. The second kappa shape index (κ2) is 6.09. The van der Waals surface area contributed by atoms with Crippen molar-refractivity contribution in [3.63, 3.8) is 0 Å². The summed E-state index contributed by atoms with van der Waals surface area (Å²) in [6.07, 6.45) is 1.44. The van der Waals surface area contributed by atoms with Crippen LogP contribution in [-0.2, 0) is 0 Å². The first-order valence-electron chi connectivity index (χ1n) is 6.41. The summed E-state index contributed by atoms with van der Waals surface area (Å²) in [5, 5.41) is 12.1. The zero-order valence-electron chi connectivity index (χ0n) is 11.8. The molecule has 0 spiro atoms. The van der Waals surface area contributed by atoms with Crippen molar-refractivity contribution < 1.29 is 9.52 Å². The lowest BCUT2D eigenvalue weighted by molar-refractivity contribution is -0.645. The van der Waals surface area contributed by atoms with Gasteiger partial charge in [0.05, 0.1) is 5.75 Å². The Morgan fingerprint density at radius 3 is 2.55 bits per heavy atom. The van der Waals surface area contributed by atoms with E-state index in [4.69, 9.17) is 0 Å². The number of carbonyl (C=O) groups is 1. The number of benzene rings is 1. The Morgan fingerprint density at radius 2 is 1.85 bits per heavy atom. The van der Waals surface area contributed by atoms with E-state index in [1.165, 1.54) is 23.5 Å². The van der Waals surface area contributed by atoms with Gasteiger partial charge in [0.1, 0.15) is 0 Å². The molecule has 0 saturated carbocycles. The van der Waals surface area contributed by atoms with E-state index >= 15 is 0 Å². The van der Waals surface area contributed by atoms with Gasteiger partial charge in [-0.05, 0) is 61.4 Å². The first-order chi connectivity index (χ1) is 9.49. The normalized spacial score (nSPS) is 10.6. The molecular weight excluding hydrogens is 270 g/mol. The average Bonchev–Trinajstić information content (AvgIpc) is 2.41. The Hall–Kier alpha value is -1.81. The third-order valence-electron chi connectivity index (χ3n) is 3.28. The van der Waals surface area contributed by atoms with Crippen LogP contribution in [0.2, 0.25) is 0 Å². The average molecular weight is 287 g/mol. The fourth-order valence-corrected chi connectivity index (χ4v) is 2.80. The number of nitrogens with zero attached hydrogens (tertiary/aromatic N) is 1. The lowest BCUT2D eigenvalue weighted by Crippen LogP contribution is -2.28. The molecule has 2 rings (SSSR count). The summed E-state index contributed by atoms with van der Waals surface area (Å²) >= 11 is 1.27. The maximum absolute atomic E-state index is 12.3. The highest BCUT2D eigenvalue weighted by Gasteiger charge is 2.13. The molecular formula is C16H17NO2S. The number of ketones is 1. The molecule has 3 nitrogen and oxygen atoms in total. The third kappa shape index (κ3) is 3.20. The number of thioether (sulfide) groups is 1. The summed E-state index contributed by atoms with van der Waals surface area (Å²) < 4.78 is 0.783. The zero-order valence-corrected chi connectivity index (χ0v) is 12.7. The molecule has 0 aliphatic rings. The van der Waals surface area contributed by atoms with E-state index in [1.807, 2.05) is 32.9 Å². The van der Waals surface area contributed by atoms with Crippen LogP contribution >= 0.6 is 11.8 Å². The van der Waals surface area contributed by atoms with Crippen molar-refractivity contribution in [2.75, 3.05) is 5.75 Å². The standard InChI is InChI=1S/C16H17NO2S/c1-11-8-13(3)14(9-12(11)2)15(18)10-20-16-6-4-5-7-17(16)19/h4-9H,10H2,1-3H3. The van der Waals surface area contributed by atoms with Crippen molar-refractivity contribution in [1.82, 2.24) is 0 Å².